The van der Waals surface area contributed by atoms with Gasteiger partial charge in [0.1, 0.15) is 17.8 Å². The maximum Gasteiger partial charge on any atom is 0.341 e. The van der Waals surface area contributed by atoms with Gasteiger partial charge in [0.25, 0.3) is 0 Å². The standard InChI is InChI=1S/C14H14FNO3/c1-9-3-4-11(15)6-13(9)16-7-12-5-10(8-19-12)14(17)18-2/h3-6,8,16H,7H2,1-2H3. The van der Waals surface area contributed by atoms with Crippen molar-refractivity contribution in [1.29, 1.82) is 0 Å². The van der Waals surface area contributed by atoms with Crippen LogP contribution in [0.4, 0.5) is 10.1 Å². The molecule has 0 aliphatic rings. The van der Waals surface area contributed by atoms with Gasteiger partial charge in [0.2, 0.25) is 0 Å². The van der Waals surface area contributed by atoms with E-state index in [9.17, 15) is 9.18 Å². The molecule has 19 heavy (non-hydrogen) atoms. The third kappa shape index (κ3) is 3.13. The summed E-state index contributed by atoms with van der Waals surface area (Å²) in [7, 11) is 1.31. The Hall–Kier alpha value is -2.30. The molecule has 0 unspecified atom stereocenters. The predicted octanol–water partition coefficient (Wildman–Crippen LogP) is 3.13. The SMILES string of the molecule is COC(=O)c1coc(CNc2cc(F)ccc2C)c1. The zero-order valence-corrected chi connectivity index (χ0v) is 10.7. The van der Waals surface area contributed by atoms with Gasteiger partial charge in [0.15, 0.2) is 0 Å². The van der Waals surface area contributed by atoms with Crippen LogP contribution in [0.25, 0.3) is 0 Å². The maximum atomic E-state index is 13.1. The van der Waals surface area contributed by atoms with Crippen LogP contribution in [0.3, 0.4) is 0 Å². The summed E-state index contributed by atoms with van der Waals surface area (Å²) in [5.74, 6) is -0.177. The summed E-state index contributed by atoms with van der Waals surface area (Å²) >= 11 is 0. The van der Waals surface area contributed by atoms with Gasteiger partial charge in [0, 0.05) is 5.69 Å². The Kier molecular flexibility index (Phi) is 3.85. The number of rotatable bonds is 4. The molecular weight excluding hydrogens is 249 g/mol. The average Bonchev–Trinajstić information content (AvgIpc) is 2.88. The van der Waals surface area contributed by atoms with Crippen molar-refractivity contribution >= 4 is 11.7 Å². The second-order valence-electron chi connectivity index (χ2n) is 4.11. The van der Waals surface area contributed by atoms with Gasteiger partial charge in [-0.3, -0.25) is 0 Å². The minimum absolute atomic E-state index is 0.303. The summed E-state index contributed by atoms with van der Waals surface area (Å²) in [4.78, 5) is 11.2. The van der Waals surface area contributed by atoms with Gasteiger partial charge < -0.3 is 14.5 Å². The minimum atomic E-state index is -0.447. The lowest BCUT2D eigenvalue weighted by Gasteiger charge is -2.07. The topological polar surface area (TPSA) is 51.5 Å². The molecule has 100 valence electrons. The summed E-state index contributed by atoms with van der Waals surface area (Å²) in [6.07, 6.45) is 1.33. The molecule has 0 spiro atoms. The Labute approximate surface area is 110 Å². The highest BCUT2D eigenvalue weighted by Gasteiger charge is 2.10. The molecule has 0 aliphatic carbocycles. The largest absolute Gasteiger partial charge is 0.467 e. The zero-order valence-electron chi connectivity index (χ0n) is 10.7. The van der Waals surface area contributed by atoms with E-state index in [1.165, 1.54) is 25.5 Å². The fourth-order valence-electron chi connectivity index (χ4n) is 1.67. The highest BCUT2D eigenvalue weighted by Crippen LogP contribution is 2.18. The molecule has 1 heterocycles. The molecule has 1 N–H and O–H groups in total. The first-order valence-electron chi connectivity index (χ1n) is 5.76. The van der Waals surface area contributed by atoms with Crippen LogP contribution in [-0.2, 0) is 11.3 Å². The van der Waals surface area contributed by atoms with Crippen molar-refractivity contribution in [1.82, 2.24) is 0 Å². The summed E-state index contributed by atoms with van der Waals surface area (Å²) < 4.78 is 22.9. The number of aryl methyl sites for hydroxylation is 1. The first-order valence-corrected chi connectivity index (χ1v) is 5.76. The number of carbonyl (C=O) groups excluding carboxylic acids is 1. The Morgan fingerprint density at radius 2 is 2.21 bits per heavy atom. The fraction of sp³-hybridized carbons (Fsp3) is 0.214. The van der Waals surface area contributed by atoms with Crippen LogP contribution < -0.4 is 5.32 Å². The first-order chi connectivity index (χ1) is 9.10. The van der Waals surface area contributed by atoms with Crippen LogP contribution in [-0.4, -0.2) is 13.1 Å². The van der Waals surface area contributed by atoms with Crippen LogP contribution in [0, 0.1) is 12.7 Å². The second-order valence-corrected chi connectivity index (χ2v) is 4.11. The van der Waals surface area contributed by atoms with Crippen molar-refractivity contribution in [3.05, 3.63) is 53.2 Å². The molecule has 0 saturated heterocycles. The highest BCUT2D eigenvalue weighted by atomic mass is 19.1. The number of ether oxygens (including phenoxy) is 1. The van der Waals surface area contributed by atoms with E-state index in [1.807, 2.05) is 6.92 Å². The Balaban J connectivity index is 2.04. The molecule has 2 rings (SSSR count). The molecule has 0 atom stereocenters. The Morgan fingerprint density at radius 1 is 1.42 bits per heavy atom. The maximum absolute atomic E-state index is 13.1. The lowest BCUT2D eigenvalue weighted by Crippen LogP contribution is -2.01. The zero-order chi connectivity index (χ0) is 13.8. The molecule has 0 fully saturated rings. The second kappa shape index (κ2) is 5.56. The lowest BCUT2D eigenvalue weighted by atomic mass is 10.2. The van der Waals surface area contributed by atoms with Crippen molar-refractivity contribution in [2.45, 2.75) is 13.5 Å². The summed E-state index contributed by atoms with van der Waals surface area (Å²) in [5, 5.41) is 3.05. The van der Waals surface area contributed by atoms with Gasteiger partial charge >= 0.3 is 5.97 Å². The third-order valence-electron chi connectivity index (χ3n) is 2.73. The van der Waals surface area contributed by atoms with E-state index in [0.717, 1.165) is 5.56 Å². The van der Waals surface area contributed by atoms with E-state index in [2.05, 4.69) is 10.1 Å². The van der Waals surface area contributed by atoms with E-state index in [0.29, 0.717) is 23.6 Å². The predicted molar refractivity (Wildman–Crippen MR) is 68.5 cm³/mol. The van der Waals surface area contributed by atoms with Gasteiger partial charge in [-0.05, 0) is 30.7 Å². The number of hydrogen-bond donors (Lipinski definition) is 1. The van der Waals surface area contributed by atoms with Gasteiger partial charge in [-0.2, -0.15) is 0 Å². The Bertz CT molecular complexity index is 592. The molecule has 0 amide bonds. The van der Waals surface area contributed by atoms with Crippen LogP contribution in [0.5, 0.6) is 0 Å². The number of nitrogens with one attached hydrogen (secondary N) is 1. The molecule has 0 bridgehead atoms. The van der Waals surface area contributed by atoms with Crippen molar-refractivity contribution in [3.8, 4) is 0 Å². The van der Waals surface area contributed by atoms with Crippen molar-refractivity contribution in [3.63, 3.8) is 0 Å². The van der Waals surface area contributed by atoms with E-state index in [1.54, 1.807) is 12.1 Å². The number of carbonyl (C=O) groups is 1. The van der Waals surface area contributed by atoms with Crippen LogP contribution in [0.1, 0.15) is 21.7 Å². The van der Waals surface area contributed by atoms with E-state index >= 15 is 0 Å². The van der Waals surface area contributed by atoms with Crippen LogP contribution in [0.15, 0.2) is 34.9 Å². The molecule has 2 aromatic rings. The highest BCUT2D eigenvalue weighted by molar-refractivity contribution is 5.89. The first kappa shape index (κ1) is 13.1. The molecule has 0 saturated carbocycles. The normalized spacial score (nSPS) is 10.3. The van der Waals surface area contributed by atoms with Crippen LogP contribution in [0.2, 0.25) is 0 Å². The van der Waals surface area contributed by atoms with Crippen molar-refractivity contribution in [2.24, 2.45) is 0 Å². The Morgan fingerprint density at radius 3 is 2.95 bits per heavy atom. The molecule has 5 heteroatoms. The number of benzene rings is 1. The summed E-state index contributed by atoms with van der Waals surface area (Å²) in [5.41, 5.74) is 1.98. The molecule has 0 aliphatic heterocycles. The van der Waals surface area contributed by atoms with Gasteiger partial charge in [0.05, 0.1) is 19.2 Å². The fourth-order valence-corrected chi connectivity index (χ4v) is 1.67. The summed E-state index contributed by atoms with van der Waals surface area (Å²) in [6.45, 7) is 2.24. The monoisotopic (exact) mass is 263 g/mol. The van der Waals surface area contributed by atoms with Crippen LogP contribution >= 0.6 is 0 Å². The molecule has 1 aromatic heterocycles. The third-order valence-corrected chi connectivity index (χ3v) is 2.73. The number of furan rings is 1. The van der Waals surface area contributed by atoms with Crippen molar-refractivity contribution in [2.75, 3.05) is 12.4 Å². The molecule has 4 nitrogen and oxygen atoms in total. The number of anilines is 1. The number of halogens is 1. The van der Waals surface area contributed by atoms with Gasteiger partial charge in [-0.25, -0.2) is 9.18 Å². The number of esters is 1. The summed E-state index contributed by atoms with van der Waals surface area (Å²) in [6, 6.07) is 6.11. The minimum Gasteiger partial charge on any atom is -0.467 e. The smallest absolute Gasteiger partial charge is 0.341 e. The van der Waals surface area contributed by atoms with Gasteiger partial charge in [-0.15, -0.1) is 0 Å². The van der Waals surface area contributed by atoms with E-state index < -0.39 is 5.97 Å². The molecular formula is C14H14FNO3. The molecule has 1 aromatic carbocycles. The average molecular weight is 263 g/mol. The van der Waals surface area contributed by atoms with E-state index in [-0.39, 0.29) is 5.82 Å². The number of hydrogen-bond acceptors (Lipinski definition) is 4. The molecule has 0 radical (unpaired) electrons. The quantitative estimate of drug-likeness (QED) is 0.861. The number of methoxy groups -OCH3 is 1. The van der Waals surface area contributed by atoms with Crippen molar-refractivity contribution < 1.29 is 18.3 Å². The lowest BCUT2D eigenvalue weighted by molar-refractivity contribution is 0.0600. The van der Waals surface area contributed by atoms with E-state index in [4.69, 9.17) is 4.42 Å². The van der Waals surface area contributed by atoms with Gasteiger partial charge in [-0.1, -0.05) is 6.07 Å².